The molecule has 1 amide bonds. The lowest BCUT2D eigenvalue weighted by Gasteiger charge is -2.08. The Balaban J connectivity index is 1.86. The summed E-state index contributed by atoms with van der Waals surface area (Å²) in [5, 5.41) is 11.7. The molecule has 2 N–H and O–H groups in total. The summed E-state index contributed by atoms with van der Waals surface area (Å²) in [6.45, 7) is 0. The van der Waals surface area contributed by atoms with Gasteiger partial charge in [-0.25, -0.2) is 8.42 Å². The van der Waals surface area contributed by atoms with Gasteiger partial charge in [-0.2, -0.15) is 0 Å². The first-order valence-electron chi connectivity index (χ1n) is 7.41. The number of hydrazine groups is 1. The quantitative estimate of drug-likeness (QED) is 0.520. The summed E-state index contributed by atoms with van der Waals surface area (Å²) in [6.07, 6.45) is 1.57. The fourth-order valence-electron chi connectivity index (χ4n) is 2.59. The van der Waals surface area contributed by atoms with E-state index in [4.69, 9.17) is 0 Å². The molecular formula is C16H14N4O5S. The van der Waals surface area contributed by atoms with Gasteiger partial charge >= 0.3 is 0 Å². The number of carbonyl (C=O) groups excluding carboxylic acids is 1. The summed E-state index contributed by atoms with van der Waals surface area (Å²) in [5.74, 6) is -0.677. The summed E-state index contributed by atoms with van der Waals surface area (Å²) in [6, 6.07) is 12.0. The first-order chi connectivity index (χ1) is 12.3. The lowest BCUT2D eigenvalue weighted by molar-refractivity contribution is -0.387. The molecule has 0 radical (unpaired) electrons. The predicted molar refractivity (Wildman–Crippen MR) is 93.8 cm³/mol. The van der Waals surface area contributed by atoms with Crippen LogP contribution in [0.25, 0.3) is 10.9 Å². The fourth-order valence-corrected chi connectivity index (χ4v) is 3.61. The Morgan fingerprint density at radius 1 is 1.12 bits per heavy atom. The van der Waals surface area contributed by atoms with Gasteiger partial charge < -0.3 is 4.57 Å². The third-order valence-electron chi connectivity index (χ3n) is 3.79. The Labute approximate surface area is 148 Å². The number of fused-ring (bicyclic) bond motifs is 1. The van der Waals surface area contributed by atoms with E-state index in [1.807, 2.05) is 17.0 Å². The lowest BCUT2D eigenvalue weighted by atomic mass is 10.2. The number of amides is 1. The number of carbonyl (C=O) groups is 1. The highest BCUT2D eigenvalue weighted by molar-refractivity contribution is 7.89. The van der Waals surface area contributed by atoms with Crippen molar-refractivity contribution >= 4 is 32.5 Å². The van der Waals surface area contributed by atoms with Gasteiger partial charge in [0.05, 0.1) is 10.5 Å². The summed E-state index contributed by atoms with van der Waals surface area (Å²) in [4.78, 5) is 23.9. The number of aryl methyl sites for hydroxylation is 1. The van der Waals surface area contributed by atoms with Gasteiger partial charge in [0.25, 0.3) is 21.6 Å². The average Bonchev–Trinajstić information content (AvgIpc) is 2.97. The lowest BCUT2D eigenvalue weighted by Crippen LogP contribution is -2.41. The Hall–Kier alpha value is -3.24. The van der Waals surface area contributed by atoms with Gasteiger partial charge in [-0.05, 0) is 12.1 Å². The zero-order valence-electron chi connectivity index (χ0n) is 13.5. The molecule has 1 heterocycles. The monoisotopic (exact) mass is 374 g/mol. The second kappa shape index (κ2) is 6.58. The van der Waals surface area contributed by atoms with E-state index < -0.39 is 31.4 Å². The Bertz CT molecular complexity index is 1120. The van der Waals surface area contributed by atoms with Crippen LogP contribution in [0.3, 0.4) is 0 Å². The normalized spacial score (nSPS) is 11.4. The van der Waals surface area contributed by atoms with E-state index in [-0.39, 0.29) is 5.56 Å². The third-order valence-corrected chi connectivity index (χ3v) is 5.09. The number of nitro groups is 1. The number of nitro benzene ring substituents is 1. The van der Waals surface area contributed by atoms with E-state index in [0.717, 1.165) is 17.6 Å². The number of hydrogen-bond donors (Lipinski definition) is 2. The maximum atomic E-state index is 12.4. The second-order valence-electron chi connectivity index (χ2n) is 5.46. The first-order valence-corrected chi connectivity index (χ1v) is 8.89. The number of para-hydroxylation sites is 2. The van der Waals surface area contributed by atoms with Crippen LogP contribution in [0.2, 0.25) is 0 Å². The van der Waals surface area contributed by atoms with Crippen molar-refractivity contribution in [1.29, 1.82) is 0 Å². The van der Waals surface area contributed by atoms with Crippen molar-refractivity contribution in [3.8, 4) is 0 Å². The molecule has 0 atom stereocenters. The third kappa shape index (κ3) is 3.15. The number of hydrogen-bond acceptors (Lipinski definition) is 5. The molecule has 10 heteroatoms. The van der Waals surface area contributed by atoms with E-state index in [1.165, 1.54) is 12.1 Å². The number of benzene rings is 2. The van der Waals surface area contributed by atoms with Gasteiger partial charge in [0, 0.05) is 30.2 Å². The minimum absolute atomic E-state index is 0.272. The maximum Gasteiger partial charge on any atom is 0.289 e. The average molecular weight is 374 g/mol. The molecule has 0 fully saturated rings. The zero-order chi connectivity index (χ0) is 18.9. The van der Waals surface area contributed by atoms with Crippen LogP contribution >= 0.6 is 0 Å². The number of rotatable bonds is 5. The molecule has 0 aliphatic heterocycles. The Kier molecular flexibility index (Phi) is 4.45. The highest BCUT2D eigenvalue weighted by Crippen LogP contribution is 2.23. The molecule has 2 aromatic carbocycles. The first kappa shape index (κ1) is 17.6. The van der Waals surface area contributed by atoms with E-state index in [9.17, 15) is 23.3 Å². The Morgan fingerprint density at radius 3 is 2.50 bits per heavy atom. The van der Waals surface area contributed by atoms with E-state index >= 15 is 0 Å². The molecule has 0 saturated carbocycles. The van der Waals surface area contributed by atoms with E-state index in [2.05, 4.69) is 5.43 Å². The van der Waals surface area contributed by atoms with Crippen molar-refractivity contribution in [3.05, 3.63) is 70.4 Å². The van der Waals surface area contributed by atoms with Gasteiger partial charge in [0.15, 0.2) is 4.90 Å². The molecule has 0 bridgehead atoms. The standard InChI is InChI=1S/C16H14N4O5S/c1-19-10-12(11-6-2-3-7-13(11)19)16(21)17-18-26(24,25)15-9-5-4-8-14(15)20(22)23/h2-10,18H,1H3,(H,17,21). The van der Waals surface area contributed by atoms with Gasteiger partial charge in [-0.3, -0.25) is 20.3 Å². The van der Waals surface area contributed by atoms with Crippen molar-refractivity contribution in [2.75, 3.05) is 0 Å². The largest absolute Gasteiger partial charge is 0.350 e. The highest BCUT2D eigenvalue weighted by atomic mass is 32.2. The van der Waals surface area contributed by atoms with Gasteiger partial charge in [0.1, 0.15) is 0 Å². The molecule has 0 aliphatic rings. The molecule has 0 saturated heterocycles. The van der Waals surface area contributed by atoms with Crippen LogP contribution in [-0.4, -0.2) is 23.8 Å². The van der Waals surface area contributed by atoms with Gasteiger partial charge in [-0.1, -0.05) is 30.3 Å². The summed E-state index contributed by atoms with van der Waals surface area (Å²) < 4.78 is 26.4. The van der Waals surface area contributed by atoms with Crippen molar-refractivity contribution in [2.24, 2.45) is 7.05 Å². The SMILES string of the molecule is Cn1cc(C(=O)NNS(=O)(=O)c2ccccc2[N+](=O)[O-])c2ccccc21. The molecule has 3 rings (SSSR count). The van der Waals surface area contributed by atoms with Gasteiger partial charge in [0.2, 0.25) is 0 Å². The van der Waals surface area contributed by atoms with Crippen LogP contribution in [0.4, 0.5) is 5.69 Å². The molecule has 26 heavy (non-hydrogen) atoms. The van der Waals surface area contributed by atoms with Crippen molar-refractivity contribution < 1.29 is 18.1 Å². The topological polar surface area (TPSA) is 123 Å². The molecule has 0 aliphatic carbocycles. The Morgan fingerprint density at radius 2 is 1.77 bits per heavy atom. The van der Waals surface area contributed by atoms with Gasteiger partial charge in [-0.15, -0.1) is 4.83 Å². The number of nitrogens with one attached hydrogen (secondary N) is 2. The smallest absolute Gasteiger partial charge is 0.289 e. The summed E-state index contributed by atoms with van der Waals surface area (Å²) in [5.41, 5.74) is 2.59. The molecule has 0 unspecified atom stereocenters. The minimum Gasteiger partial charge on any atom is -0.350 e. The van der Waals surface area contributed by atoms with Crippen LogP contribution in [-0.2, 0) is 17.1 Å². The van der Waals surface area contributed by atoms with Crippen LogP contribution < -0.4 is 10.3 Å². The summed E-state index contributed by atoms with van der Waals surface area (Å²) in [7, 11) is -2.56. The van der Waals surface area contributed by atoms with E-state index in [0.29, 0.717) is 5.39 Å². The molecule has 1 aromatic heterocycles. The van der Waals surface area contributed by atoms with Crippen LogP contribution in [0.15, 0.2) is 59.6 Å². The fraction of sp³-hybridized carbons (Fsp3) is 0.0625. The van der Waals surface area contributed by atoms with Crippen molar-refractivity contribution in [1.82, 2.24) is 14.8 Å². The van der Waals surface area contributed by atoms with Crippen LogP contribution in [0.5, 0.6) is 0 Å². The van der Waals surface area contributed by atoms with Crippen molar-refractivity contribution in [3.63, 3.8) is 0 Å². The summed E-state index contributed by atoms with van der Waals surface area (Å²) >= 11 is 0. The van der Waals surface area contributed by atoms with Crippen LogP contribution in [0.1, 0.15) is 10.4 Å². The van der Waals surface area contributed by atoms with Crippen LogP contribution in [0, 0.1) is 10.1 Å². The number of aromatic nitrogens is 1. The number of sulfonamides is 1. The minimum atomic E-state index is -4.32. The molecule has 3 aromatic rings. The predicted octanol–water partition coefficient (Wildman–Crippen LogP) is 1.71. The maximum absolute atomic E-state index is 12.4. The number of nitrogens with zero attached hydrogens (tertiary/aromatic N) is 2. The zero-order valence-corrected chi connectivity index (χ0v) is 14.4. The van der Waals surface area contributed by atoms with Crippen molar-refractivity contribution in [2.45, 2.75) is 4.90 Å². The molecule has 134 valence electrons. The van der Waals surface area contributed by atoms with E-state index in [1.54, 1.807) is 29.9 Å². The molecule has 9 nitrogen and oxygen atoms in total. The molecule has 0 spiro atoms. The second-order valence-corrected chi connectivity index (χ2v) is 7.11. The highest BCUT2D eigenvalue weighted by Gasteiger charge is 2.26. The molecular weight excluding hydrogens is 360 g/mol.